The Hall–Kier alpha value is -1.56. The van der Waals surface area contributed by atoms with Crippen molar-refractivity contribution in [2.75, 3.05) is 6.54 Å². The lowest BCUT2D eigenvalue weighted by Gasteiger charge is -2.29. The lowest BCUT2D eigenvalue weighted by atomic mass is 10.0. The third-order valence-electron chi connectivity index (χ3n) is 5.33. The lowest BCUT2D eigenvalue weighted by Crippen LogP contribution is -2.39. The molecule has 0 saturated heterocycles. The van der Waals surface area contributed by atoms with Crippen LogP contribution in [0.25, 0.3) is 0 Å². The maximum atomic E-state index is 13.4. The molecule has 140 valence electrons. The van der Waals surface area contributed by atoms with Crippen LogP contribution >= 0.6 is 24.0 Å². The molecule has 5 nitrogen and oxygen atoms in total. The first-order valence-electron chi connectivity index (χ1n) is 9.05. The van der Waals surface area contributed by atoms with Gasteiger partial charge in [-0.05, 0) is 24.5 Å². The van der Waals surface area contributed by atoms with Gasteiger partial charge in [0.05, 0.1) is 0 Å². The highest BCUT2D eigenvalue weighted by Crippen LogP contribution is 2.29. The number of carbonyl (C=O) groups excluding carboxylic acids is 1. The van der Waals surface area contributed by atoms with E-state index in [2.05, 4.69) is 15.5 Å². The summed E-state index contributed by atoms with van der Waals surface area (Å²) in [5, 5.41) is 11.5. The first-order chi connectivity index (χ1) is 12.2. The molecule has 2 heterocycles. The summed E-state index contributed by atoms with van der Waals surface area (Å²) in [6.07, 6.45) is 5.36. The summed E-state index contributed by atoms with van der Waals surface area (Å²) >= 11 is 6.35. The Kier molecular flexibility index (Phi) is 6.22. The minimum atomic E-state index is 0. The Morgan fingerprint density at radius 1 is 1.27 bits per heavy atom. The van der Waals surface area contributed by atoms with Gasteiger partial charge in [0.25, 0.3) is 5.91 Å². The molecule has 1 saturated carbocycles. The number of rotatable bonds is 4. The molecule has 1 fully saturated rings. The molecule has 4 rings (SSSR count). The molecule has 2 N–H and O–H groups in total. The summed E-state index contributed by atoms with van der Waals surface area (Å²) in [5.74, 6) is 0.0213. The van der Waals surface area contributed by atoms with Gasteiger partial charge in [0.1, 0.15) is 0 Å². The summed E-state index contributed by atoms with van der Waals surface area (Å²) < 4.78 is 0. The van der Waals surface area contributed by atoms with Gasteiger partial charge in [-0.2, -0.15) is 5.10 Å². The van der Waals surface area contributed by atoms with E-state index in [9.17, 15) is 4.79 Å². The van der Waals surface area contributed by atoms with Crippen LogP contribution in [0, 0.1) is 0 Å². The molecule has 1 aliphatic heterocycles. The van der Waals surface area contributed by atoms with E-state index < -0.39 is 0 Å². The predicted octanol–water partition coefficient (Wildman–Crippen LogP) is 3.72. The van der Waals surface area contributed by atoms with Crippen LogP contribution in [0.3, 0.4) is 0 Å². The zero-order chi connectivity index (χ0) is 17.2. The van der Waals surface area contributed by atoms with Crippen molar-refractivity contribution in [3.05, 3.63) is 51.8 Å². The van der Waals surface area contributed by atoms with E-state index in [1.165, 1.54) is 12.8 Å². The van der Waals surface area contributed by atoms with E-state index >= 15 is 0 Å². The molecular weight excluding hydrogens is 371 g/mol. The first kappa shape index (κ1) is 19.2. The van der Waals surface area contributed by atoms with Crippen molar-refractivity contribution in [3.8, 4) is 0 Å². The fraction of sp³-hybridized carbons (Fsp3) is 0.474. The number of aromatic amines is 1. The fourth-order valence-electron chi connectivity index (χ4n) is 3.93. The second-order valence-corrected chi connectivity index (χ2v) is 7.33. The van der Waals surface area contributed by atoms with Crippen LogP contribution in [-0.2, 0) is 19.5 Å². The van der Waals surface area contributed by atoms with Gasteiger partial charge in [-0.25, -0.2) is 0 Å². The number of nitrogens with zero attached hydrogens (tertiary/aromatic N) is 2. The van der Waals surface area contributed by atoms with Gasteiger partial charge < -0.3 is 10.2 Å². The molecule has 1 aliphatic carbocycles. The smallest absolute Gasteiger partial charge is 0.275 e. The Labute approximate surface area is 164 Å². The Morgan fingerprint density at radius 3 is 2.81 bits per heavy atom. The van der Waals surface area contributed by atoms with E-state index in [4.69, 9.17) is 11.6 Å². The minimum Gasteiger partial charge on any atom is -0.330 e. The van der Waals surface area contributed by atoms with Crippen LogP contribution in [0.5, 0.6) is 0 Å². The van der Waals surface area contributed by atoms with E-state index in [-0.39, 0.29) is 24.4 Å². The van der Waals surface area contributed by atoms with Crippen molar-refractivity contribution in [1.29, 1.82) is 0 Å². The summed E-state index contributed by atoms with van der Waals surface area (Å²) in [6.45, 7) is 2.17. The number of carbonyl (C=O) groups is 1. The minimum absolute atomic E-state index is 0. The topological polar surface area (TPSA) is 61.0 Å². The molecule has 0 spiro atoms. The zero-order valence-corrected chi connectivity index (χ0v) is 16.2. The summed E-state index contributed by atoms with van der Waals surface area (Å²) in [4.78, 5) is 15.3. The first-order valence-corrected chi connectivity index (χ1v) is 9.43. The van der Waals surface area contributed by atoms with Gasteiger partial charge in [-0.1, -0.05) is 42.6 Å². The number of hydrogen-bond acceptors (Lipinski definition) is 3. The SMILES string of the molecule is Cl.O=C(c1n[nH]c2c1CNCC2)N(Cc1ccccc1Cl)C1CCCC1. The number of nitrogens with one attached hydrogen (secondary N) is 2. The Bertz CT molecular complexity index is 771. The summed E-state index contributed by atoms with van der Waals surface area (Å²) in [7, 11) is 0. The number of aromatic nitrogens is 2. The van der Waals surface area contributed by atoms with Crippen LogP contribution in [0.4, 0.5) is 0 Å². The van der Waals surface area contributed by atoms with Gasteiger partial charge in [-0.15, -0.1) is 12.4 Å². The van der Waals surface area contributed by atoms with Crippen molar-refractivity contribution in [2.45, 2.75) is 51.2 Å². The fourth-order valence-corrected chi connectivity index (χ4v) is 4.13. The molecule has 26 heavy (non-hydrogen) atoms. The van der Waals surface area contributed by atoms with E-state index in [1.54, 1.807) is 0 Å². The van der Waals surface area contributed by atoms with Crippen molar-refractivity contribution >= 4 is 29.9 Å². The molecule has 2 aromatic rings. The Morgan fingerprint density at radius 2 is 2.04 bits per heavy atom. The van der Waals surface area contributed by atoms with Crippen molar-refractivity contribution in [1.82, 2.24) is 20.4 Å². The zero-order valence-electron chi connectivity index (χ0n) is 14.6. The normalized spacial score (nSPS) is 16.8. The average Bonchev–Trinajstić information content (AvgIpc) is 3.30. The molecule has 0 unspecified atom stereocenters. The third kappa shape index (κ3) is 3.75. The van der Waals surface area contributed by atoms with Gasteiger partial charge in [0.2, 0.25) is 0 Å². The third-order valence-corrected chi connectivity index (χ3v) is 5.70. The van der Waals surface area contributed by atoms with Crippen LogP contribution in [0.1, 0.15) is 53.0 Å². The maximum Gasteiger partial charge on any atom is 0.275 e. The van der Waals surface area contributed by atoms with Crippen molar-refractivity contribution < 1.29 is 4.79 Å². The Balaban J connectivity index is 0.00000196. The van der Waals surface area contributed by atoms with Crippen LogP contribution < -0.4 is 5.32 Å². The molecular formula is C19H24Cl2N4O. The van der Waals surface area contributed by atoms with Gasteiger partial charge in [-0.3, -0.25) is 9.89 Å². The molecule has 1 amide bonds. The number of H-pyrrole nitrogens is 1. The number of fused-ring (bicyclic) bond motifs is 1. The molecule has 2 aliphatic rings. The molecule has 1 aromatic carbocycles. The second-order valence-electron chi connectivity index (χ2n) is 6.92. The standard InChI is InChI=1S/C19H23ClN4O.ClH/c20-16-8-4-1-5-13(16)12-24(14-6-2-3-7-14)19(25)18-15-11-21-10-9-17(15)22-23-18;/h1,4-5,8,14,21H,2-3,6-7,9-12H2,(H,22,23);1H. The monoisotopic (exact) mass is 394 g/mol. The maximum absolute atomic E-state index is 13.4. The quantitative estimate of drug-likeness (QED) is 0.830. The van der Waals surface area contributed by atoms with E-state index in [1.807, 2.05) is 29.2 Å². The molecule has 0 atom stereocenters. The molecule has 0 radical (unpaired) electrons. The van der Waals surface area contributed by atoms with Gasteiger partial charge >= 0.3 is 0 Å². The number of halogens is 2. The van der Waals surface area contributed by atoms with Gasteiger partial charge in [0.15, 0.2) is 5.69 Å². The highest BCUT2D eigenvalue weighted by Gasteiger charge is 2.31. The van der Waals surface area contributed by atoms with Crippen LogP contribution in [-0.4, -0.2) is 33.6 Å². The van der Waals surface area contributed by atoms with Crippen LogP contribution in [0.2, 0.25) is 5.02 Å². The van der Waals surface area contributed by atoms with Crippen molar-refractivity contribution in [3.63, 3.8) is 0 Å². The predicted molar refractivity (Wildman–Crippen MR) is 105 cm³/mol. The highest BCUT2D eigenvalue weighted by molar-refractivity contribution is 6.31. The highest BCUT2D eigenvalue weighted by atomic mass is 35.5. The lowest BCUT2D eigenvalue weighted by molar-refractivity contribution is 0.0657. The second kappa shape index (κ2) is 8.42. The van der Waals surface area contributed by atoms with E-state index in [0.717, 1.165) is 42.6 Å². The van der Waals surface area contributed by atoms with Crippen LogP contribution in [0.15, 0.2) is 24.3 Å². The summed E-state index contributed by atoms with van der Waals surface area (Å²) in [6, 6.07) is 8.04. The number of amides is 1. The van der Waals surface area contributed by atoms with Crippen molar-refractivity contribution in [2.24, 2.45) is 0 Å². The number of benzene rings is 1. The molecule has 1 aromatic heterocycles. The molecule has 7 heteroatoms. The van der Waals surface area contributed by atoms with Gasteiger partial charge in [0, 0.05) is 48.4 Å². The largest absolute Gasteiger partial charge is 0.330 e. The molecule has 0 bridgehead atoms. The van der Waals surface area contributed by atoms with E-state index in [0.29, 0.717) is 23.8 Å². The summed E-state index contributed by atoms with van der Waals surface area (Å²) in [5.41, 5.74) is 3.68. The number of hydrogen-bond donors (Lipinski definition) is 2. The average molecular weight is 395 g/mol.